The summed E-state index contributed by atoms with van der Waals surface area (Å²) in [6.07, 6.45) is 1.33. The number of amides is 1. The molecule has 0 saturated carbocycles. The molecule has 0 aliphatic carbocycles. The Morgan fingerprint density at radius 3 is 2.61 bits per heavy atom. The van der Waals surface area contributed by atoms with E-state index in [1.54, 1.807) is 24.3 Å². The molecule has 2 aliphatic heterocycles. The number of fused-ring (bicyclic) bond motifs is 1. The lowest BCUT2D eigenvalue weighted by Crippen LogP contribution is -2.44. The fourth-order valence-corrected chi connectivity index (χ4v) is 4.76. The van der Waals surface area contributed by atoms with Crippen LogP contribution in [0.5, 0.6) is 5.75 Å². The van der Waals surface area contributed by atoms with Gasteiger partial charge in [-0.15, -0.1) is 0 Å². The van der Waals surface area contributed by atoms with E-state index in [0.29, 0.717) is 27.9 Å². The Kier molecular flexibility index (Phi) is 5.87. The van der Waals surface area contributed by atoms with Crippen LogP contribution in [-0.4, -0.2) is 25.3 Å². The molecule has 0 radical (unpaired) electrons. The number of rotatable bonds is 5. The molecule has 1 N–H and O–H groups in total. The Hall–Kier alpha value is -3.22. The molecule has 0 fully saturated rings. The Bertz CT molecular complexity index is 1230. The number of hydrogen-bond donors (Lipinski definition) is 1. The summed E-state index contributed by atoms with van der Waals surface area (Å²) in [6.45, 7) is 0.729. The van der Waals surface area contributed by atoms with Crippen LogP contribution >= 0.6 is 23.2 Å². The van der Waals surface area contributed by atoms with Crippen LogP contribution in [0, 0.1) is 0 Å². The van der Waals surface area contributed by atoms with Crippen molar-refractivity contribution in [1.82, 2.24) is 5.43 Å². The fourth-order valence-electron chi connectivity index (χ4n) is 4.26. The highest BCUT2D eigenvalue weighted by Crippen LogP contribution is 2.40. The first kappa shape index (κ1) is 21.6. The predicted molar refractivity (Wildman–Crippen MR) is 132 cm³/mol. The van der Waals surface area contributed by atoms with Gasteiger partial charge in [-0.2, -0.15) is 5.10 Å². The summed E-state index contributed by atoms with van der Waals surface area (Å²) in [4.78, 5) is 13.2. The largest absolute Gasteiger partial charge is 0.497 e. The summed E-state index contributed by atoms with van der Waals surface area (Å²) in [6, 6.07) is 20.9. The Labute approximate surface area is 202 Å². The van der Waals surface area contributed by atoms with Crippen molar-refractivity contribution >= 4 is 46.2 Å². The van der Waals surface area contributed by atoms with Gasteiger partial charge in [-0.05, 0) is 53.9 Å². The highest BCUT2D eigenvalue weighted by molar-refractivity contribution is 6.40. The van der Waals surface area contributed by atoms with Crippen LogP contribution in [0.15, 0.2) is 71.8 Å². The lowest BCUT2D eigenvalue weighted by molar-refractivity contribution is -0.115. The van der Waals surface area contributed by atoms with Crippen molar-refractivity contribution in [3.63, 3.8) is 0 Å². The summed E-state index contributed by atoms with van der Waals surface area (Å²) in [5.41, 5.74) is 7.39. The summed E-state index contributed by atoms with van der Waals surface area (Å²) < 4.78 is 5.29. The van der Waals surface area contributed by atoms with Gasteiger partial charge in [-0.25, -0.2) is 0 Å². The SMILES string of the molecule is COc1ccc([C@@H]2CC(C(=O)NN3CCc4ccccc43)=NN2c2ccc(Cl)cc2Cl)cc1. The summed E-state index contributed by atoms with van der Waals surface area (Å²) in [5, 5.41) is 9.40. The molecule has 168 valence electrons. The standard InChI is InChI=1S/C25H22Cl2N4O2/c1-33-19-9-6-17(7-10-19)24-15-21(28-31(24)23-11-8-18(26)14-20(23)27)25(32)29-30-13-12-16-4-2-3-5-22(16)30/h2-11,14,24H,12-13,15H2,1H3,(H,29,32)/t24-/m0/s1. The third kappa shape index (κ3) is 4.24. The Morgan fingerprint density at radius 2 is 1.85 bits per heavy atom. The van der Waals surface area contributed by atoms with Crippen LogP contribution in [0.2, 0.25) is 10.0 Å². The quantitative estimate of drug-likeness (QED) is 0.530. The molecule has 2 aliphatic rings. The number of ether oxygens (including phenoxy) is 1. The second-order valence-electron chi connectivity index (χ2n) is 7.95. The van der Waals surface area contributed by atoms with Gasteiger partial charge in [0.25, 0.3) is 5.91 Å². The molecule has 2 heterocycles. The third-order valence-electron chi connectivity index (χ3n) is 5.95. The molecule has 0 spiro atoms. The number of nitrogens with zero attached hydrogens (tertiary/aromatic N) is 3. The topological polar surface area (TPSA) is 57.2 Å². The molecule has 0 unspecified atom stereocenters. The molecule has 6 nitrogen and oxygen atoms in total. The van der Waals surface area contributed by atoms with Crippen LogP contribution in [0.1, 0.15) is 23.6 Å². The number of methoxy groups -OCH3 is 1. The maximum Gasteiger partial charge on any atom is 0.286 e. The Balaban J connectivity index is 1.44. The predicted octanol–water partition coefficient (Wildman–Crippen LogP) is 5.40. The Morgan fingerprint density at radius 1 is 1.06 bits per heavy atom. The highest BCUT2D eigenvalue weighted by Gasteiger charge is 2.34. The molecular weight excluding hydrogens is 459 g/mol. The van der Waals surface area contributed by atoms with Gasteiger partial charge in [0.05, 0.1) is 29.5 Å². The van der Waals surface area contributed by atoms with Gasteiger partial charge in [0.15, 0.2) is 0 Å². The number of halogens is 2. The van der Waals surface area contributed by atoms with Gasteiger partial charge in [0, 0.05) is 18.0 Å². The van der Waals surface area contributed by atoms with Crippen LogP contribution in [-0.2, 0) is 11.2 Å². The van der Waals surface area contributed by atoms with E-state index in [9.17, 15) is 4.79 Å². The minimum absolute atomic E-state index is 0.193. The minimum Gasteiger partial charge on any atom is -0.497 e. The average Bonchev–Trinajstić information content (AvgIpc) is 3.44. The van der Waals surface area contributed by atoms with Crippen molar-refractivity contribution in [2.45, 2.75) is 18.9 Å². The van der Waals surface area contributed by atoms with E-state index in [4.69, 9.17) is 33.0 Å². The van der Waals surface area contributed by atoms with Crippen molar-refractivity contribution in [2.24, 2.45) is 5.10 Å². The second-order valence-corrected chi connectivity index (χ2v) is 8.79. The van der Waals surface area contributed by atoms with E-state index in [1.807, 2.05) is 53.5 Å². The highest BCUT2D eigenvalue weighted by atomic mass is 35.5. The van der Waals surface area contributed by atoms with E-state index in [-0.39, 0.29) is 11.9 Å². The van der Waals surface area contributed by atoms with Crippen molar-refractivity contribution < 1.29 is 9.53 Å². The molecular formula is C25H22Cl2N4O2. The van der Waals surface area contributed by atoms with Crippen molar-refractivity contribution in [1.29, 1.82) is 0 Å². The maximum atomic E-state index is 13.2. The van der Waals surface area contributed by atoms with Crippen LogP contribution in [0.4, 0.5) is 11.4 Å². The summed E-state index contributed by atoms with van der Waals surface area (Å²) in [5.74, 6) is 0.539. The van der Waals surface area contributed by atoms with Crippen molar-refractivity contribution in [3.05, 3.63) is 87.9 Å². The average molecular weight is 481 g/mol. The molecule has 0 saturated heterocycles. The molecule has 33 heavy (non-hydrogen) atoms. The molecule has 1 atom stereocenters. The van der Waals surface area contributed by atoms with Crippen molar-refractivity contribution in [2.75, 3.05) is 23.7 Å². The third-order valence-corrected chi connectivity index (χ3v) is 6.49. The number of benzene rings is 3. The number of hydrazine groups is 1. The van der Waals surface area contributed by atoms with E-state index in [1.165, 1.54) is 5.56 Å². The second kappa shape index (κ2) is 8.96. The van der Waals surface area contributed by atoms with Gasteiger partial charge in [-0.3, -0.25) is 20.2 Å². The molecule has 5 rings (SSSR count). The molecule has 0 aromatic heterocycles. The molecule has 3 aromatic carbocycles. The number of carbonyl (C=O) groups is 1. The number of nitrogens with one attached hydrogen (secondary N) is 1. The van der Waals surface area contributed by atoms with E-state index < -0.39 is 0 Å². The number of anilines is 2. The summed E-state index contributed by atoms with van der Waals surface area (Å²) >= 11 is 12.6. The normalized spacial score (nSPS) is 17.1. The van der Waals surface area contributed by atoms with Gasteiger partial charge >= 0.3 is 0 Å². The van der Waals surface area contributed by atoms with E-state index in [2.05, 4.69) is 11.5 Å². The number of hydrazone groups is 1. The van der Waals surface area contributed by atoms with Crippen LogP contribution < -0.4 is 20.2 Å². The van der Waals surface area contributed by atoms with Gasteiger partial charge in [0.1, 0.15) is 11.5 Å². The minimum atomic E-state index is -0.224. The molecule has 1 amide bonds. The zero-order chi connectivity index (χ0) is 22.9. The monoisotopic (exact) mass is 480 g/mol. The van der Waals surface area contributed by atoms with Gasteiger partial charge in [-0.1, -0.05) is 53.5 Å². The smallest absolute Gasteiger partial charge is 0.286 e. The molecule has 3 aromatic rings. The van der Waals surface area contributed by atoms with E-state index in [0.717, 1.165) is 30.0 Å². The lowest BCUT2D eigenvalue weighted by Gasteiger charge is -2.25. The lowest BCUT2D eigenvalue weighted by atomic mass is 10.0. The van der Waals surface area contributed by atoms with Crippen molar-refractivity contribution in [3.8, 4) is 5.75 Å². The molecule has 0 bridgehead atoms. The first-order valence-corrected chi connectivity index (χ1v) is 11.4. The fraction of sp³-hybridized carbons (Fsp3) is 0.200. The number of hydrogen-bond acceptors (Lipinski definition) is 5. The number of para-hydroxylation sites is 1. The van der Waals surface area contributed by atoms with E-state index >= 15 is 0 Å². The molecule has 8 heteroatoms. The zero-order valence-electron chi connectivity index (χ0n) is 18.0. The first-order valence-electron chi connectivity index (χ1n) is 10.7. The maximum absolute atomic E-state index is 13.2. The van der Waals surface area contributed by atoms with Gasteiger partial charge in [0.2, 0.25) is 0 Å². The van der Waals surface area contributed by atoms with Crippen LogP contribution in [0.25, 0.3) is 0 Å². The zero-order valence-corrected chi connectivity index (χ0v) is 19.5. The summed E-state index contributed by atoms with van der Waals surface area (Å²) in [7, 11) is 1.63. The number of carbonyl (C=O) groups excluding carboxylic acids is 1. The van der Waals surface area contributed by atoms with Gasteiger partial charge < -0.3 is 4.74 Å². The van der Waals surface area contributed by atoms with Crippen LogP contribution in [0.3, 0.4) is 0 Å². The first-order chi connectivity index (χ1) is 16.0.